The van der Waals surface area contributed by atoms with Crippen LogP contribution in [-0.2, 0) is 9.59 Å². The molecule has 0 saturated carbocycles. The molecule has 1 aromatic carbocycles. The number of fused-ring (bicyclic) bond motifs is 1. The largest absolute Gasteiger partial charge is 0.340 e. The van der Waals surface area contributed by atoms with Crippen LogP contribution in [0.15, 0.2) is 41.8 Å². The minimum atomic E-state index is -0.806. The summed E-state index contributed by atoms with van der Waals surface area (Å²) in [5, 5.41) is 16.6. The molecule has 4 N–H and O–H groups in total. The summed E-state index contributed by atoms with van der Waals surface area (Å²) in [6.07, 6.45) is 0.178. The number of para-hydroxylation sites is 1. The molecule has 28 heavy (non-hydrogen) atoms. The third kappa shape index (κ3) is 3.76. The predicted molar refractivity (Wildman–Crippen MR) is 104 cm³/mol. The summed E-state index contributed by atoms with van der Waals surface area (Å²) in [5.41, 5.74) is 0.850. The summed E-state index contributed by atoms with van der Waals surface area (Å²) in [6.45, 7) is 0. The number of anilines is 2. The van der Waals surface area contributed by atoms with Crippen molar-refractivity contribution in [1.82, 2.24) is 20.5 Å². The van der Waals surface area contributed by atoms with Crippen LogP contribution in [0.25, 0.3) is 10.7 Å². The molecule has 0 bridgehead atoms. The second-order valence-electron chi connectivity index (χ2n) is 6.13. The number of rotatable bonds is 5. The van der Waals surface area contributed by atoms with Crippen LogP contribution in [0.1, 0.15) is 23.2 Å². The van der Waals surface area contributed by atoms with Gasteiger partial charge in [-0.2, -0.15) is 4.98 Å². The number of thiophene rings is 1. The Morgan fingerprint density at radius 1 is 1.18 bits per heavy atom. The summed E-state index contributed by atoms with van der Waals surface area (Å²) in [5.74, 6) is -0.327. The summed E-state index contributed by atoms with van der Waals surface area (Å²) in [6, 6.07) is 9.73. The predicted octanol–water partition coefficient (Wildman–Crippen LogP) is 2.00. The van der Waals surface area contributed by atoms with Crippen molar-refractivity contribution in [2.45, 2.75) is 18.9 Å². The molecule has 0 spiro atoms. The van der Waals surface area contributed by atoms with Crippen LogP contribution in [0.4, 0.5) is 11.6 Å². The first-order chi connectivity index (χ1) is 13.6. The van der Waals surface area contributed by atoms with Crippen LogP contribution in [0.5, 0.6) is 0 Å². The van der Waals surface area contributed by atoms with Gasteiger partial charge in [-0.1, -0.05) is 18.2 Å². The van der Waals surface area contributed by atoms with E-state index in [1.54, 1.807) is 24.3 Å². The maximum Gasteiger partial charge on any atom is 0.254 e. The van der Waals surface area contributed by atoms with Crippen molar-refractivity contribution in [2.75, 3.05) is 10.6 Å². The second-order valence-corrected chi connectivity index (χ2v) is 7.08. The van der Waals surface area contributed by atoms with Gasteiger partial charge in [0.15, 0.2) is 5.82 Å². The first-order valence-corrected chi connectivity index (χ1v) is 9.45. The molecule has 1 aliphatic rings. The number of aromatic nitrogens is 3. The fourth-order valence-corrected chi connectivity index (χ4v) is 3.48. The van der Waals surface area contributed by atoms with Crippen LogP contribution in [0.2, 0.25) is 0 Å². The molecule has 4 rings (SSSR count). The molecule has 0 aliphatic carbocycles. The number of nitrogens with one attached hydrogen (secondary N) is 4. The van der Waals surface area contributed by atoms with Gasteiger partial charge in [0.25, 0.3) is 5.91 Å². The highest BCUT2D eigenvalue weighted by atomic mass is 32.1. The Kier molecular flexibility index (Phi) is 4.85. The van der Waals surface area contributed by atoms with Gasteiger partial charge in [0.2, 0.25) is 17.8 Å². The summed E-state index contributed by atoms with van der Waals surface area (Å²) in [7, 11) is 0. The van der Waals surface area contributed by atoms with Gasteiger partial charge in [-0.15, -0.1) is 16.4 Å². The summed E-state index contributed by atoms with van der Waals surface area (Å²) in [4.78, 5) is 42.0. The fourth-order valence-electron chi connectivity index (χ4n) is 2.82. The van der Waals surface area contributed by atoms with E-state index in [0.29, 0.717) is 17.1 Å². The summed E-state index contributed by atoms with van der Waals surface area (Å²) >= 11 is 1.50. The Bertz CT molecular complexity index is 1030. The van der Waals surface area contributed by atoms with Crippen LogP contribution in [0, 0.1) is 0 Å². The first-order valence-electron chi connectivity index (χ1n) is 8.57. The highest BCUT2D eigenvalue weighted by Gasteiger charge is 2.28. The molecular formula is C18H16N6O3S. The zero-order chi connectivity index (χ0) is 19.5. The van der Waals surface area contributed by atoms with Gasteiger partial charge in [-0.05, 0) is 30.0 Å². The second kappa shape index (κ2) is 7.61. The van der Waals surface area contributed by atoms with Crippen LogP contribution < -0.4 is 16.0 Å². The Labute approximate surface area is 163 Å². The lowest BCUT2D eigenvalue weighted by atomic mass is 10.1. The average molecular weight is 396 g/mol. The van der Waals surface area contributed by atoms with Crippen molar-refractivity contribution >= 4 is 40.7 Å². The van der Waals surface area contributed by atoms with Gasteiger partial charge < -0.3 is 10.6 Å². The zero-order valence-electron chi connectivity index (χ0n) is 14.6. The number of carbonyl (C=O) groups is 3. The van der Waals surface area contributed by atoms with Gasteiger partial charge in [0, 0.05) is 6.42 Å². The normalized spacial score (nSPS) is 15.9. The van der Waals surface area contributed by atoms with Crippen LogP contribution >= 0.6 is 11.3 Å². The van der Waals surface area contributed by atoms with Gasteiger partial charge in [0.05, 0.1) is 16.1 Å². The quantitative estimate of drug-likeness (QED) is 0.524. The Balaban J connectivity index is 1.35. The van der Waals surface area contributed by atoms with E-state index in [1.165, 1.54) is 11.3 Å². The molecule has 3 amide bonds. The van der Waals surface area contributed by atoms with E-state index in [-0.39, 0.29) is 36.5 Å². The molecule has 3 heterocycles. The molecule has 9 nitrogen and oxygen atoms in total. The molecule has 0 saturated heterocycles. The first kappa shape index (κ1) is 17.9. The number of amides is 3. The molecule has 2 aromatic heterocycles. The van der Waals surface area contributed by atoms with E-state index in [0.717, 1.165) is 4.88 Å². The minimum absolute atomic E-state index is 0.0254. The highest BCUT2D eigenvalue weighted by molar-refractivity contribution is 7.13. The number of H-pyrrole nitrogens is 1. The lowest BCUT2D eigenvalue weighted by molar-refractivity contribution is -0.118. The summed E-state index contributed by atoms with van der Waals surface area (Å²) < 4.78 is 0. The molecule has 0 fully saturated rings. The molecule has 1 atom stereocenters. The topological polar surface area (TPSA) is 129 Å². The number of carbonyl (C=O) groups excluding carboxylic acids is 3. The highest BCUT2D eigenvalue weighted by Crippen LogP contribution is 2.22. The van der Waals surface area contributed by atoms with E-state index in [4.69, 9.17) is 0 Å². The molecule has 1 unspecified atom stereocenters. The van der Waals surface area contributed by atoms with Gasteiger partial charge in [0.1, 0.15) is 6.04 Å². The monoisotopic (exact) mass is 396 g/mol. The maximum absolute atomic E-state index is 12.3. The molecule has 1 aliphatic heterocycles. The number of hydrogen-bond acceptors (Lipinski definition) is 6. The van der Waals surface area contributed by atoms with E-state index >= 15 is 0 Å². The van der Waals surface area contributed by atoms with Crippen LogP contribution in [-0.4, -0.2) is 38.9 Å². The maximum atomic E-state index is 12.3. The van der Waals surface area contributed by atoms with Crippen molar-refractivity contribution in [3.8, 4) is 10.7 Å². The van der Waals surface area contributed by atoms with E-state index in [9.17, 15) is 14.4 Å². The Morgan fingerprint density at radius 3 is 2.86 bits per heavy atom. The lowest BCUT2D eigenvalue weighted by Crippen LogP contribution is -2.41. The van der Waals surface area contributed by atoms with Crippen molar-refractivity contribution in [1.29, 1.82) is 0 Å². The average Bonchev–Trinajstić information content (AvgIpc) is 3.34. The molecule has 10 heteroatoms. The van der Waals surface area contributed by atoms with E-state index < -0.39 is 6.04 Å². The Hall–Kier alpha value is -3.53. The zero-order valence-corrected chi connectivity index (χ0v) is 15.4. The number of benzene rings is 1. The lowest BCUT2D eigenvalue weighted by Gasteiger charge is -2.13. The third-order valence-corrected chi connectivity index (χ3v) is 5.08. The van der Waals surface area contributed by atoms with Crippen molar-refractivity contribution in [2.24, 2.45) is 0 Å². The van der Waals surface area contributed by atoms with Gasteiger partial charge in [-0.25, -0.2) is 0 Å². The third-order valence-electron chi connectivity index (χ3n) is 4.20. The van der Waals surface area contributed by atoms with E-state index in [1.807, 2.05) is 17.5 Å². The van der Waals surface area contributed by atoms with Crippen molar-refractivity contribution in [3.05, 3.63) is 47.3 Å². The fraction of sp³-hybridized carbons (Fsp3) is 0.167. The molecule has 142 valence electrons. The molecular weight excluding hydrogens is 380 g/mol. The standard InChI is InChI=1S/C18H16N6O3S/c25-14(21-18-22-15(23-24-18)13-6-3-9-28-13)8-7-12-17(27)19-11-5-2-1-4-10(11)16(26)20-12/h1-6,9,12H,7-8H2,(H,19,27)(H,20,26)(H2,21,22,23,24,25). The van der Waals surface area contributed by atoms with Gasteiger partial charge >= 0.3 is 0 Å². The number of nitrogens with zero attached hydrogens (tertiary/aromatic N) is 2. The van der Waals surface area contributed by atoms with Crippen LogP contribution in [0.3, 0.4) is 0 Å². The van der Waals surface area contributed by atoms with Crippen molar-refractivity contribution in [3.63, 3.8) is 0 Å². The molecule has 0 radical (unpaired) electrons. The number of hydrogen-bond donors (Lipinski definition) is 4. The molecule has 3 aromatic rings. The SMILES string of the molecule is O=C(CCC1NC(=O)c2ccccc2NC1=O)Nc1n[nH]c(-c2cccs2)n1. The minimum Gasteiger partial charge on any atom is -0.340 e. The smallest absolute Gasteiger partial charge is 0.254 e. The Morgan fingerprint density at radius 2 is 2.04 bits per heavy atom. The van der Waals surface area contributed by atoms with Gasteiger partial charge in [-0.3, -0.25) is 24.8 Å². The van der Waals surface area contributed by atoms with E-state index in [2.05, 4.69) is 31.1 Å². The number of aromatic amines is 1. The van der Waals surface area contributed by atoms with Crippen molar-refractivity contribution < 1.29 is 14.4 Å².